The van der Waals surface area contributed by atoms with Crippen molar-refractivity contribution in [3.05, 3.63) is 64.1 Å². The molecule has 9 heteroatoms. The lowest BCUT2D eigenvalue weighted by Gasteiger charge is -2.10. The van der Waals surface area contributed by atoms with Gasteiger partial charge in [-0.2, -0.15) is 0 Å². The minimum atomic E-state index is -0.360. The average molecular weight is 477 g/mol. The summed E-state index contributed by atoms with van der Waals surface area (Å²) in [4.78, 5) is 24.7. The number of rotatable bonds is 6. The molecule has 3 rings (SSSR count). The Morgan fingerprint density at radius 2 is 1.79 bits per heavy atom. The standard InChI is InChI=1S/C19H17BrN4O2S2/c1-11-7-9-13(10-8-11)21-16(25)12(2)27-19-24-23-18(28-19)22-17(26)14-5-3-4-6-15(14)20/h3-10,12H,1-2H3,(H,21,25)(H,22,23,26)/t12-/m1/s1. The molecule has 0 saturated carbocycles. The van der Waals surface area contributed by atoms with Gasteiger partial charge in [-0.1, -0.05) is 52.9 Å². The van der Waals surface area contributed by atoms with Crippen LogP contribution in [0.3, 0.4) is 0 Å². The van der Waals surface area contributed by atoms with E-state index in [4.69, 9.17) is 0 Å². The van der Waals surface area contributed by atoms with Crippen LogP contribution in [0.2, 0.25) is 0 Å². The topological polar surface area (TPSA) is 84.0 Å². The molecule has 0 fully saturated rings. The Morgan fingerprint density at radius 1 is 1.07 bits per heavy atom. The number of hydrogen-bond donors (Lipinski definition) is 2. The first-order valence-corrected chi connectivity index (χ1v) is 10.8. The number of nitrogens with one attached hydrogen (secondary N) is 2. The van der Waals surface area contributed by atoms with Crippen LogP contribution in [0.15, 0.2) is 57.3 Å². The van der Waals surface area contributed by atoms with Crippen LogP contribution in [0.5, 0.6) is 0 Å². The smallest absolute Gasteiger partial charge is 0.258 e. The molecule has 0 aliphatic rings. The molecule has 2 N–H and O–H groups in total. The SMILES string of the molecule is Cc1ccc(NC(=O)[C@@H](C)Sc2nnc(NC(=O)c3ccccc3Br)s2)cc1. The lowest BCUT2D eigenvalue weighted by Crippen LogP contribution is -2.22. The number of nitrogens with zero attached hydrogens (tertiary/aromatic N) is 2. The number of thioether (sulfide) groups is 1. The maximum absolute atomic E-state index is 12.4. The summed E-state index contributed by atoms with van der Waals surface area (Å²) in [6, 6.07) is 14.8. The Bertz CT molecular complexity index is 992. The van der Waals surface area contributed by atoms with Crippen LogP contribution < -0.4 is 10.6 Å². The van der Waals surface area contributed by atoms with Gasteiger partial charge in [0.05, 0.1) is 10.8 Å². The molecule has 2 aromatic carbocycles. The number of hydrogen-bond acceptors (Lipinski definition) is 6. The first-order valence-electron chi connectivity index (χ1n) is 8.36. The van der Waals surface area contributed by atoms with E-state index in [9.17, 15) is 9.59 Å². The molecule has 28 heavy (non-hydrogen) atoms. The van der Waals surface area contributed by atoms with E-state index in [1.807, 2.05) is 37.3 Å². The van der Waals surface area contributed by atoms with Crippen molar-refractivity contribution in [2.24, 2.45) is 0 Å². The molecule has 0 saturated heterocycles. The third-order valence-electron chi connectivity index (χ3n) is 3.71. The molecule has 0 bridgehead atoms. The maximum Gasteiger partial charge on any atom is 0.258 e. The number of halogens is 1. The van der Waals surface area contributed by atoms with Gasteiger partial charge < -0.3 is 5.32 Å². The molecule has 1 atom stereocenters. The first-order chi connectivity index (χ1) is 13.4. The van der Waals surface area contributed by atoms with E-state index in [0.717, 1.165) is 11.3 Å². The fourth-order valence-corrected chi connectivity index (χ4v) is 4.56. The number of benzene rings is 2. The molecule has 0 aliphatic carbocycles. The average Bonchev–Trinajstić information content (AvgIpc) is 3.10. The highest BCUT2D eigenvalue weighted by Gasteiger charge is 2.18. The highest BCUT2D eigenvalue weighted by molar-refractivity contribution is 9.10. The Kier molecular flexibility index (Phi) is 6.82. The summed E-state index contributed by atoms with van der Waals surface area (Å²) in [5, 5.41) is 13.7. The second kappa shape index (κ2) is 9.31. The molecule has 144 valence electrons. The minimum Gasteiger partial charge on any atom is -0.325 e. The van der Waals surface area contributed by atoms with E-state index in [1.54, 1.807) is 25.1 Å². The van der Waals surface area contributed by atoms with Gasteiger partial charge in [-0.05, 0) is 54.0 Å². The number of carbonyl (C=O) groups excluding carboxylic acids is 2. The number of aromatic nitrogens is 2. The fourth-order valence-electron chi connectivity index (χ4n) is 2.20. The van der Waals surface area contributed by atoms with Gasteiger partial charge in [-0.3, -0.25) is 14.9 Å². The number of carbonyl (C=O) groups is 2. The Labute approximate surface area is 179 Å². The third kappa shape index (κ3) is 5.40. The van der Waals surface area contributed by atoms with E-state index in [2.05, 4.69) is 36.8 Å². The zero-order valence-corrected chi connectivity index (χ0v) is 18.3. The number of anilines is 2. The molecule has 0 radical (unpaired) electrons. The monoisotopic (exact) mass is 476 g/mol. The van der Waals surface area contributed by atoms with Gasteiger partial charge in [0.25, 0.3) is 5.91 Å². The molecule has 6 nitrogen and oxygen atoms in total. The first kappa shape index (κ1) is 20.5. The van der Waals surface area contributed by atoms with Crippen LogP contribution in [0.1, 0.15) is 22.8 Å². The number of aryl methyl sites for hydroxylation is 1. The number of amides is 2. The molecular weight excluding hydrogens is 460 g/mol. The van der Waals surface area contributed by atoms with Crippen molar-refractivity contribution in [3.63, 3.8) is 0 Å². The van der Waals surface area contributed by atoms with Crippen LogP contribution in [0.4, 0.5) is 10.8 Å². The van der Waals surface area contributed by atoms with E-state index in [1.165, 1.54) is 23.1 Å². The Hall–Kier alpha value is -2.23. The van der Waals surface area contributed by atoms with Crippen molar-refractivity contribution < 1.29 is 9.59 Å². The highest BCUT2D eigenvalue weighted by Crippen LogP contribution is 2.30. The molecule has 1 heterocycles. The maximum atomic E-state index is 12.4. The van der Waals surface area contributed by atoms with Crippen molar-refractivity contribution >= 4 is 61.7 Å². The molecular formula is C19H17BrN4O2S2. The lowest BCUT2D eigenvalue weighted by atomic mass is 10.2. The summed E-state index contributed by atoms with van der Waals surface area (Å²) in [6.45, 7) is 3.79. The summed E-state index contributed by atoms with van der Waals surface area (Å²) in [5.41, 5.74) is 2.39. The van der Waals surface area contributed by atoms with Gasteiger partial charge in [0.15, 0.2) is 4.34 Å². The van der Waals surface area contributed by atoms with Gasteiger partial charge in [-0.25, -0.2) is 0 Å². The molecule has 0 unspecified atom stereocenters. The zero-order valence-electron chi connectivity index (χ0n) is 15.1. The van der Waals surface area contributed by atoms with Crippen LogP contribution in [-0.2, 0) is 4.79 Å². The molecule has 1 aromatic heterocycles. The molecule has 0 aliphatic heterocycles. The molecule has 0 spiro atoms. The van der Waals surface area contributed by atoms with Crippen LogP contribution >= 0.6 is 39.0 Å². The summed E-state index contributed by atoms with van der Waals surface area (Å²) in [6.07, 6.45) is 0. The van der Waals surface area contributed by atoms with Crippen LogP contribution in [-0.4, -0.2) is 27.3 Å². The van der Waals surface area contributed by atoms with E-state index in [0.29, 0.717) is 19.5 Å². The van der Waals surface area contributed by atoms with E-state index >= 15 is 0 Å². The summed E-state index contributed by atoms with van der Waals surface area (Å²) in [5.74, 6) is -0.395. The van der Waals surface area contributed by atoms with Crippen molar-refractivity contribution in [2.45, 2.75) is 23.4 Å². The third-order valence-corrected chi connectivity index (χ3v) is 6.43. The van der Waals surface area contributed by atoms with Gasteiger partial charge in [0, 0.05) is 10.2 Å². The largest absolute Gasteiger partial charge is 0.325 e. The summed E-state index contributed by atoms with van der Waals surface area (Å²) < 4.78 is 1.31. The normalized spacial score (nSPS) is 11.7. The highest BCUT2D eigenvalue weighted by atomic mass is 79.9. The van der Waals surface area contributed by atoms with E-state index < -0.39 is 0 Å². The molecule has 2 amide bonds. The minimum absolute atomic E-state index is 0.122. The van der Waals surface area contributed by atoms with Gasteiger partial charge in [0.2, 0.25) is 11.0 Å². The quantitative estimate of drug-likeness (QED) is 0.387. The predicted octanol–water partition coefficient (Wildman–Crippen LogP) is 4.98. The van der Waals surface area contributed by atoms with Crippen molar-refractivity contribution in [3.8, 4) is 0 Å². The van der Waals surface area contributed by atoms with Crippen LogP contribution in [0.25, 0.3) is 0 Å². The van der Waals surface area contributed by atoms with Crippen molar-refractivity contribution in [1.82, 2.24) is 10.2 Å². The second-order valence-electron chi connectivity index (χ2n) is 5.92. The van der Waals surface area contributed by atoms with Gasteiger partial charge >= 0.3 is 0 Å². The Balaban J connectivity index is 1.57. The van der Waals surface area contributed by atoms with Gasteiger partial charge in [0.1, 0.15) is 0 Å². The fraction of sp³-hybridized carbons (Fsp3) is 0.158. The van der Waals surface area contributed by atoms with Crippen molar-refractivity contribution in [2.75, 3.05) is 10.6 Å². The summed E-state index contributed by atoms with van der Waals surface area (Å²) in [7, 11) is 0. The lowest BCUT2D eigenvalue weighted by molar-refractivity contribution is -0.115. The van der Waals surface area contributed by atoms with E-state index in [-0.39, 0.29) is 17.1 Å². The summed E-state index contributed by atoms with van der Waals surface area (Å²) >= 11 is 5.88. The van der Waals surface area contributed by atoms with Crippen LogP contribution in [0, 0.1) is 6.92 Å². The molecule has 3 aromatic rings. The predicted molar refractivity (Wildman–Crippen MR) is 117 cm³/mol. The second-order valence-corrected chi connectivity index (χ2v) is 9.34. The Morgan fingerprint density at radius 3 is 2.50 bits per heavy atom. The zero-order chi connectivity index (χ0) is 20.1. The van der Waals surface area contributed by atoms with Crippen molar-refractivity contribution in [1.29, 1.82) is 0 Å². The van der Waals surface area contributed by atoms with Gasteiger partial charge in [-0.15, -0.1) is 10.2 Å².